The zero-order valence-corrected chi connectivity index (χ0v) is 16.4. The summed E-state index contributed by atoms with van der Waals surface area (Å²) in [4.78, 5) is 14.4. The summed E-state index contributed by atoms with van der Waals surface area (Å²) < 4.78 is 32.5. The minimum absolute atomic E-state index is 0. The molecule has 0 bridgehead atoms. The fourth-order valence-corrected chi connectivity index (χ4v) is 3.84. The van der Waals surface area contributed by atoms with Gasteiger partial charge in [-0.3, -0.25) is 0 Å². The highest BCUT2D eigenvalue weighted by atomic mass is 35.5. The molecule has 0 spiro atoms. The molecule has 1 saturated heterocycles. The first-order chi connectivity index (χ1) is 12.5. The van der Waals surface area contributed by atoms with E-state index in [-0.39, 0.29) is 44.0 Å². The number of carbonyl (C=O) groups is 1. The smallest absolute Gasteiger partial charge is 0.410 e. The second-order valence-corrected chi connectivity index (χ2v) is 7.47. The molecule has 0 aromatic heterocycles. The zero-order chi connectivity index (χ0) is 18.4. The van der Waals surface area contributed by atoms with Crippen molar-refractivity contribution in [2.45, 2.75) is 57.1 Å². The topological polar surface area (TPSA) is 41.6 Å². The van der Waals surface area contributed by atoms with Crippen molar-refractivity contribution in [2.24, 2.45) is 5.92 Å². The van der Waals surface area contributed by atoms with E-state index in [0.29, 0.717) is 25.3 Å². The first-order valence-corrected chi connectivity index (χ1v) is 9.59. The van der Waals surface area contributed by atoms with E-state index in [1.807, 2.05) is 30.3 Å². The summed E-state index contributed by atoms with van der Waals surface area (Å²) in [5.74, 6) is -2.05. The van der Waals surface area contributed by atoms with E-state index >= 15 is 0 Å². The van der Waals surface area contributed by atoms with E-state index in [2.05, 4.69) is 5.32 Å². The maximum absolute atomic E-state index is 13.5. The predicted octanol–water partition coefficient (Wildman–Crippen LogP) is 4.62. The number of amides is 1. The number of nitrogens with one attached hydrogen (secondary N) is 1. The van der Waals surface area contributed by atoms with Gasteiger partial charge in [0.1, 0.15) is 6.61 Å². The lowest BCUT2D eigenvalue weighted by Crippen LogP contribution is -2.45. The molecule has 1 aromatic rings. The largest absolute Gasteiger partial charge is 0.445 e. The molecule has 1 N–H and O–H groups in total. The molecular formula is C20H29ClF2N2O2. The van der Waals surface area contributed by atoms with Crippen molar-refractivity contribution in [3.8, 4) is 0 Å². The Kier molecular flexibility index (Phi) is 8.29. The molecule has 152 valence electrons. The molecule has 1 aromatic carbocycles. The number of halogens is 3. The van der Waals surface area contributed by atoms with Crippen LogP contribution in [-0.4, -0.2) is 42.6 Å². The van der Waals surface area contributed by atoms with E-state index in [4.69, 9.17) is 4.74 Å². The lowest BCUT2D eigenvalue weighted by molar-refractivity contribution is -0.0534. The summed E-state index contributed by atoms with van der Waals surface area (Å²) in [6.07, 6.45) is 2.01. The van der Waals surface area contributed by atoms with Gasteiger partial charge < -0.3 is 15.0 Å². The fourth-order valence-electron chi connectivity index (χ4n) is 3.84. The van der Waals surface area contributed by atoms with E-state index in [9.17, 15) is 13.6 Å². The predicted molar refractivity (Wildman–Crippen MR) is 103 cm³/mol. The molecule has 3 rings (SSSR count). The molecule has 1 atom stereocenters. The summed E-state index contributed by atoms with van der Waals surface area (Å²) >= 11 is 0. The molecule has 0 radical (unpaired) electrons. The molecular weight excluding hydrogens is 374 g/mol. The Bertz CT molecular complexity index is 573. The number of hydrogen-bond acceptors (Lipinski definition) is 3. The van der Waals surface area contributed by atoms with Crippen molar-refractivity contribution in [3.63, 3.8) is 0 Å². The van der Waals surface area contributed by atoms with Gasteiger partial charge in [-0.05, 0) is 50.3 Å². The normalized spacial score (nSPS) is 22.1. The van der Waals surface area contributed by atoms with Gasteiger partial charge in [0.25, 0.3) is 0 Å². The highest BCUT2D eigenvalue weighted by molar-refractivity contribution is 5.85. The lowest BCUT2D eigenvalue weighted by Gasteiger charge is -2.36. The monoisotopic (exact) mass is 402 g/mol. The average Bonchev–Trinajstić information content (AvgIpc) is 3.15. The maximum Gasteiger partial charge on any atom is 0.410 e. The van der Waals surface area contributed by atoms with Crippen LogP contribution in [0.3, 0.4) is 0 Å². The maximum atomic E-state index is 13.5. The summed E-state index contributed by atoms with van der Waals surface area (Å²) in [5, 5.41) is 3.33. The van der Waals surface area contributed by atoms with Crippen LogP contribution in [-0.2, 0) is 11.3 Å². The molecule has 1 aliphatic heterocycles. The van der Waals surface area contributed by atoms with Crippen molar-refractivity contribution in [3.05, 3.63) is 35.9 Å². The van der Waals surface area contributed by atoms with Gasteiger partial charge in [-0.2, -0.15) is 0 Å². The van der Waals surface area contributed by atoms with Crippen molar-refractivity contribution in [1.29, 1.82) is 0 Å². The number of ether oxygens (including phenoxy) is 1. The fraction of sp³-hybridized carbons (Fsp3) is 0.650. The summed E-state index contributed by atoms with van der Waals surface area (Å²) in [6.45, 7) is 2.77. The zero-order valence-electron chi connectivity index (χ0n) is 15.5. The highest BCUT2D eigenvalue weighted by Gasteiger charge is 2.38. The third kappa shape index (κ3) is 6.61. The van der Waals surface area contributed by atoms with Gasteiger partial charge in [0.2, 0.25) is 5.92 Å². The van der Waals surface area contributed by atoms with Crippen LogP contribution in [0, 0.1) is 5.92 Å². The van der Waals surface area contributed by atoms with Crippen LogP contribution in [0.5, 0.6) is 0 Å². The Morgan fingerprint density at radius 1 is 1.19 bits per heavy atom. The summed E-state index contributed by atoms with van der Waals surface area (Å²) in [5.41, 5.74) is 0.927. The Morgan fingerprint density at radius 3 is 2.52 bits per heavy atom. The van der Waals surface area contributed by atoms with Crippen molar-refractivity contribution in [2.75, 3.05) is 19.6 Å². The molecule has 1 unspecified atom stereocenters. The van der Waals surface area contributed by atoms with E-state index in [0.717, 1.165) is 31.5 Å². The third-order valence-electron chi connectivity index (χ3n) is 5.51. The highest BCUT2D eigenvalue weighted by Crippen LogP contribution is 2.35. The van der Waals surface area contributed by atoms with Gasteiger partial charge in [-0.25, -0.2) is 13.6 Å². The Morgan fingerprint density at radius 2 is 1.89 bits per heavy atom. The minimum atomic E-state index is -2.59. The minimum Gasteiger partial charge on any atom is -0.445 e. The number of rotatable bonds is 6. The standard InChI is InChI=1S/C20H28F2N2O2.ClH/c21-20(22)10-6-18(7-11-20)24(13-9-16-8-12-23-14-16)19(25)26-15-17-4-2-1-3-5-17;/h1-5,16,18,23H,6-15H2;1H. The second kappa shape index (κ2) is 10.2. The SMILES string of the molecule is Cl.O=C(OCc1ccccc1)N(CCC1CCNC1)C1CCC(F)(F)CC1. The van der Waals surface area contributed by atoms with Crippen LogP contribution in [0.15, 0.2) is 30.3 Å². The van der Waals surface area contributed by atoms with Crippen molar-refractivity contribution in [1.82, 2.24) is 10.2 Å². The van der Waals surface area contributed by atoms with Gasteiger partial charge in [-0.15, -0.1) is 12.4 Å². The Balaban J connectivity index is 0.00000261. The quantitative estimate of drug-likeness (QED) is 0.754. The van der Waals surface area contributed by atoms with Crippen LogP contribution < -0.4 is 5.32 Å². The Labute approximate surface area is 166 Å². The number of benzene rings is 1. The van der Waals surface area contributed by atoms with Crippen LogP contribution in [0.4, 0.5) is 13.6 Å². The van der Waals surface area contributed by atoms with E-state index in [1.54, 1.807) is 4.90 Å². The number of hydrogen-bond donors (Lipinski definition) is 1. The van der Waals surface area contributed by atoms with Crippen LogP contribution >= 0.6 is 12.4 Å². The third-order valence-corrected chi connectivity index (χ3v) is 5.51. The molecule has 4 nitrogen and oxygen atoms in total. The molecule has 1 aliphatic carbocycles. The number of nitrogens with zero attached hydrogens (tertiary/aromatic N) is 1. The lowest BCUT2D eigenvalue weighted by atomic mass is 9.91. The van der Waals surface area contributed by atoms with Gasteiger partial charge in [0.05, 0.1) is 0 Å². The van der Waals surface area contributed by atoms with Gasteiger partial charge in [0, 0.05) is 25.4 Å². The van der Waals surface area contributed by atoms with E-state index < -0.39 is 5.92 Å². The molecule has 2 aliphatic rings. The second-order valence-electron chi connectivity index (χ2n) is 7.47. The van der Waals surface area contributed by atoms with Crippen molar-refractivity contribution < 1.29 is 18.3 Å². The first-order valence-electron chi connectivity index (χ1n) is 9.59. The van der Waals surface area contributed by atoms with Crippen LogP contribution in [0.25, 0.3) is 0 Å². The molecule has 27 heavy (non-hydrogen) atoms. The first kappa shape index (κ1) is 21.9. The van der Waals surface area contributed by atoms with Gasteiger partial charge in [-0.1, -0.05) is 30.3 Å². The molecule has 2 fully saturated rings. The van der Waals surface area contributed by atoms with E-state index in [1.165, 1.54) is 0 Å². The molecule has 1 saturated carbocycles. The Hall–Kier alpha value is -1.40. The molecule has 1 heterocycles. The van der Waals surface area contributed by atoms with Crippen LogP contribution in [0.2, 0.25) is 0 Å². The van der Waals surface area contributed by atoms with Gasteiger partial charge in [0.15, 0.2) is 0 Å². The van der Waals surface area contributed by atoms with Crippen LogP contribution in [0.1, 0.15) is 44.1 Å². The summed E-state index contributed by atoms with van der Waals surface area (Å²) in [6, 6.07) is 9.38. The number of carbonyl (C=O) groups excluding carboxylic acids is 1. The average molecular weight is 403 g/mol. The van der Waals surface area contributed by atoms with Gasteiger partial charge >= 0.3 is 6.09 Å². The molecule has 7 heteroatoms. The summed E-state index contributed by atoms with van der Waals surface area (Å²) in [7, 11) is 0. The van der Waals surface area contributed by atoms with Crippen molar-refractivity contribution >= 4 is 18.5 Å². The number of alkyl halides is 2. The molecule has 1 amide bonds.